The molecule has 1 heterocycles. The van der Waals surface area contributed by atoms with Gasteiger partial charge in [0.2, 0.25) is 0 Å². The summed E-state index contributed by atoms with van der Waals surface area (Å²) in [6.07, 6.45) is 9.97. The first kappa shape index (κ1) is 44.1. The normalized spacial score (nSPS) is 12.6. The van der Waals surface area contributed by atoms with Gasteiger partial charge in [-0.25, -0.2) is 4.79 Å². The SMILES string of the molecule is C=CCCCCCC[NH2+][C@H](C(=O)O)C1CCCCC1.NC(=O)c1cccccccccccccccco[nH]n1.O=C([O-])C(F)(F)F. The first-order valence-electron chi connectivity index (χ1n) is 16.1. The number of amides is 1. The van der Waals surface area contributed by atoms with E-state index < -0.39 is 24.0 Å². The fraction of sp³-hybridized carbons (Fsp3) is 0.389. The molecule has 270 valence electrons. The summed E-state index contributed by atoms with van der Waals surface area (Å²) in [6, 6.07) is 27.0. The molecule has 6 N–H and O–H groups in total. The Morgan fingerprint density at radius 2 is 1.41 bits per heavy atom. The smallest absolute Gasteiger partial charge is 0.430 e. The van der Waals surface area contributed by atoms with Crippen LogP contribution in [0.3, 0.4) is 0 Å². The molecule has 1 amide bonds. The molecule has 0 saturated heterocycles. The number of aliphatic carboxylic acids is 2. The van der Waals surface area contributed by atoms with E-state index in [1.807, 2.05) is 66.7 Å². The minimum atomic E-state index is -5.19. The Morgan fingerprint density at radius 3 is 1.88 bits per heavy atom. The summed E-state index contributed by atoms with van der Waals surface area (Å²) in [5, 5.41) is 26.2. The van der Waals surface area contributed by atoms with Gasteiger partial charge in [0, 0.05) is 5.92 Å². The van der Waals surface area contributed by atoms with Crippen LogP contribution in [0.4, 0.5) is 13.2 Å². The standard InChI is InChI=1S/C18H19N3O2.C16H29NO2.C2HF3O2/c19-18(22)17-15-13-11-9-7-5-3-1-2-4-6-8-10-12-14-16-23-21-20-17;1-2-3-4-5-6-10-13-17-15(16(18)19)14-11-8-7-9-12-14;3-2(4,5)1(6)7/h1-16,21H,(H2,19,22);2,14-15,17H,1,3-13H2,(H,18,19);(H,6,7)/t;15-;/m.0./s1. The number of carboxylic acid groups (broad SMARTS) is 2. The van der Waals surface area contributed by atoms with Gasteiger partial charge in [0.15, 0.2) is 11.7 Å². The van der Waals surface area contributed by atoms with Crippen LogP contribution < -0.4 is 16.2 Å². The number of aromatic amines is 1. The maximum atomic E-state index is 11.4. The van der Waals surface area contributed by atoms with Gasteiger partial charge in [0.25, 0.3) is 5.91 Å². The van der Waals surface area contributed by atoms with Crippen molar-refractivity contribution in [1.29, 1.82) is 0 Å². The average Bonchev–Trinajstić information content (AvgIpc) is 3.06. The highest BCUT2D eigenvalue weighted by Crippen LogP contribution is 2.25. The molecule has 1 atom stereocenters. The van der Waals surface area contributed by atoms with Gasteiger partial charge in [0.05, 0.1) is 6.54 Å². The molecular weight excluding hydrogens is 641 g/mol. The van der Waals surface area contributed by atoms with Gasteiger partial charge in [-0.2, -0.15) is 13.2 Å². The number of nitrogens with zero attached hydrogens (tertiary/aromatic N) is 1. The zero-order valence-electron chi connectivity index (χ0n) is 27.7. The molecule has 0 spiro atoms. The lowest BCUT2D eigenvalue weighted by Gasteiger charge is -2.25. The molecule has 1 aromatic rings. The van der Waals surface area contributed by atoms with Crippen molar-refractivity contribution >= 4 is 17.8 Å². The van der Waals surface area contributed by atoms with Crippen LogP contribution in [-0.2, 0) is 9.59 Å². The molecule has 1 saturated carbocycles. The second-order valence-electron chi connectivity index (χ2n) is 10.6. The number of nitrogens with two attached hydrogens (primary N) is 2. The highest BCUT2D eigenvalue weighted by atomic mass is 19.4. The summed E-state index contributed by atoms with van der Waals surface area (Å²) in [5.41, 5.74) is 5.26. The monoisotopic (exact) mass is 690 g/mol. The summed E-state index contributed by atoms with van der Waals surface area (Å²) in [5.74, 6) is -3.88. The van der Waals surface area contributed by atoms with Gasteiger partial charge in [-0.15, -0.1) is 16.9 Å². The third-order valence-electron chi connectivity index (χ3n) is 6.77. The van der Waals surface area contributed by atoms with Gasteiger partial charge in [-0.1, -0.05) is 111 Å². The molecule has 1 aromatic heterocycles. The number of rotatable bonds is 11. The predicted molar refractivity (Wildman–Crippen MR) is 179 cm³/mol. The van der Waals surface area contributed by atoms with Gasteiger partial charge >= 0.3 is 12.1 Å². The number of carbonyl (C=O) groups is 3. The number of unbranched alkanes of at least 4 members (excludes halogenated alkanes) is 4. The van der Waals surface area contributed by atoms with Crippen LogP contribution >= 0.6 is 0 Å². The fourth-order valence-electron chi connectivity index (χ4n) is 4.35. The van der Waals surface area contributed by atoms with Crippen molar-refractivity contribution in [2.45, 2.75) is 76.4 Å². The van der Waals surface area contributed by atoms with E-state index in [9.17, 15) is 27.9 Å². The first-order valence-corrected chi connectivity index (χ1v) is 16.1. The molecule has 1 fully saturated rings. The van der Waals surface area contributed by atoms with Crippen LogP contribution in [0.2, 0.25) is 0 Å². The summed E-state index contributed by atoms with van der Waals surface area (Å²) in [7, 11) is 0. The van der Waals surface area contributed by atoms with E-state index in [4.69, 9.17) is 20.2 Å². The third kappa shape index (κ3) is 26.8. The molecule has 0 aromatic carbocycles. The van der Waals surface area contributed by atoms with Crippen molar-refractivity contribution in [3.05, 3.63) is 116 Å². The van der Waals surface area contributed by atoms with Crippen LogP contribution in [0.15, 0.2) is 114 Å². The van der Waals surface area contributed by atoms with E-state index in [-0.39, 0.29) is 11.7 Å². The minimum absolute atomic E-state index is 0.0462. The van der Waals surface area contributed by atoms with Crippen molar-refractivity contribution < 1.29 is 47.6 Å². The number of carboxylic acids is 2. The number of quaternary nitrogens is 1. The number of aromatic nitrogens is 2. The van der Waals surface area contributed by atoms with E-state index >= 15 is 0 Å². The number of alkyl halides is 3. The Morgan fingerprint density at radius 1 is 0.918 bits per heavy atom. The Kier molecular flexibility index (Phi) is 26.3. The number of H-pyrrole nitrogens is 1. The van der Waals surface area contributed by atoms with Crippen molar-refractivity contribution in [3.8, 4) is 0 Å². The van der Waals surface area contributed by atoms with Crippen LogP contribution in [0.1, 0.15) is 74.7 Å². The van der Waals surface area contributed by atoms with E-state index in [1.165, 1.54) is 50.9 Å². The summed E-state index contributed by atoms with van der Waals surface area (Å²) >= 11 is 0. The fourth-order valence-corrected chi connectivity index (χ4v) is 4.35. The van der Waals surface area contributed by atoms with Crippen LogP contribution in [0.25, 0.3) is 0 Å². The van der Waals surface area contributed by atoms with Gasteiger partial charge in [-0.05, 0) is 50.7 Å². The Bertz CT molecular complexity index is 1270. The molecule has 0 unspecified atom stereocenters. The van der Waals surface area contributed by atoms with E-state index in [0.717, 1.165) is 32.2 Å². The lowest BCUT2D eigenvalue weighted by molar-refractivity contribution is -0.685. The van der Waals surface area contributed by atoms with Gasteiger partial charge in [-0.3, -0.25) is 4.79 Å². The van der Waals surface area contributed by atoms with Crippen molar-refractivity contribution in [1.82, 2.24) is 10.4 Å². The highest BCUT2D eigenvalue weighted by molar-refractivity contribution is 5.90. The minimum Gasteiger partial charge on any atom is -0.542 e. The second-order valence-corrected chi connectivity index (χ2v) is 10.6. The largest absolute Gasteiger partial charge is 0.542 e. The Labute approximate surface area is 285 Å². The van der Waals surface area contributed by atoms with E-state index in [0.29, 0.717) is 5.92 Å². The summed E-state index contributed by atoms with van der Waals surface area (Å²) in [6.45, 7) is 4.68. The zero-order chi connectivity index (χ0) is 36.6. The first-order chi connectivity index (χ1) is 23.5. The van der Waals surface area contributed by atoms with Crippen molar-refractivity contribution in [2.75, 3.05) is 6.54 Å². The zero-order valence-corrected chi connectivity index (χ0v) is 27.7. The highest BCUT2D eigenvalue weighted by Gasteiger charge is 2.32. The lowest BCUT2D eigenvalue weighted by Crippen LogP contribution is -2.93. The summed E-state index contributed by atoms with van der Waals surface area (Å²) < 4.78 is 36.5. The second kappa shape index (κ2) is 29.2. The average molecular weight is 691 g/mol. The maximum absolute atomic E-state index is 11.4. The molecule has 0 bridgehead atoms. The quantitative estimate of drug-likeness (QED) is 0.172. The van der Waals surface area contributed by atoms with Crippen LogP contribution in [-0.4, -0.2) is 52.1 Å². The van der Waals surface area contributed by atoms with Crippen LogP contribution in [0.5, 0.6) is 0 Å². The molecule has 0 aliphatic heterocycles. The van der Waals surface area contributed by atoms with Crippen molar-refractivity contribution in [2.24, 2.45) is 11.7 Å². The van der Waals surface area contributed by atoms with E-state index in [1.54, 1.807) is 24.3 Å². The number of carbonyl (C=O) groups excluding carboxylic acids is 2. The molecule has 13 heteroatoms. The molecule has 2 rings (SSSR count). The Balaban J connectivity index is 0.000000797. The number of hydrogen-bond acceptors (Lipinski definition) is 6. The third-order valence-corrected chi connectivity index (χ3v) is 6.77. The van der Waals surface area contributed by atoms with E-state index in [2.05, 4.69) is 22.3 Å². The molecule has 0 radical (unpaired) electrons. The van der Waals surface area contributed by atoms with Gasteiger partial charge in [0.1, 0.15) is 12.2 Å². The number of nitrogens with one attached hydrogen (secondary N) is 1. The summed E-state index contributed by atoms with van der Waals surface area (Å²) in [4.78, 5) is 31.3. The number of hydrogen-bond donors (Lipinski definition) is 4. The Hall–Kier alpha value is -4.91. The predicted octanol–water partition coefficient (Wildman–Crippen LogP) is 5.62. The van der Waals surface area contributed by atoms with Gasteiger partial charge < -0.3 is 30.6 Å². The number of primary amides is 1. The molecule has 10 nitrogen and oxygen atoms in total. The lowest BCUT2D eigenvalue weighted by atomic mass is 9.84. The topological polar surface area (TPSA) is 179 Å². The van der Waals surface area contributed by atoms with Crippen LogP contribution in [0, 0.1) is 5.92 Å². The molecular formula is C36H49F3N4O6. The molecule has 1 aliphatic carbocycles. The molecule has 1 aliphatic rings. The number of halogens is 3. The maximum Gasteiger partial charge on any atom is 0.430 e. The number of allylic oxidation sites excluding steroid dienone is 1. The molecule has 49 heavy (non-hydrogen) atoms. The van der Waals surface area contributed by atoms with Crippen molar-refractivity contribution in [3.63, 3.8) is 0 Å².